The van der Waals surface area contributed by atoms with Crippen LogP contribution in [-0.4, -0.2) is 27.2 Å². The Hall–Kier alpha value is -1.13. The lowest BCUT2D eigenvalue weighted by Crippen LogP contribution is -2.19. The van der Waals surface area contributed by atoms with Crippen LogP contribution >= 0.6 is 11.6 Å². The highest BCUT2D eigenvalue weighted by atomic mass is 35.5. The van der Waals surface area contributed by atoms with Gasteiger partial charge in [-0.15, -0.1) is 0 Å². The van der Waals surface area contributed by atoms with Gasteiger partial charge in [-0.2, -0.15) is 0 Å². The number of hydrogen-bond acceptors (Lipinski definition) is 3. The van der Waals surface area contributed by atoms with Crippen molar-refractivity contribution in [3.63, 3.8) is 0 Å². The predicted octanol–water partition coefficient (Wildman–Crippen LogP) is 5.61. The molecule has 0 radical (unpaired) electrons. The third-order valence-corrected chi connectivity index (χ3v) is 6.92. The van der Waals surface area contributed by atoms with Gasteiger partial charge < -0.3 is 5.32 Å². The molecule has 1 aromatic carbocycles. The molecule has 0 saturated heterocycles. The number of nitrogens with one attached hydrogen (secondary N) is 1. The number of nitrogens with zero attached hydrogens (tertiary/aromatic N) is 1. The first-order chi connectivity index (χ1) is 12.4. The molecule has 1 fully saturated rings. The smallest absolute Gasteiger partial charge is 0.129 e. The summed E-state index contributed by atoms with van der Waals surface area (Å²) >= 11 is 6.12. The van der Waals surface area contributed by atoms with Crippen molar-refractivity contribution < 1.29 is 4.21 Å². The lowest BCUT2D eigenvalue weighted by atomic mass is 9.96. The van der Waals surface area contributed by atoms with E-state index in [2.05, 4.69) is 43.2 Å². The molecule has 0 bridgehead atoms. The summed E-state index contributed by atoms with van der Waals surface area (Å²) in [5.74, 6) is 3.29. The van der Waals surface area contributed by atoms with Gasteiger partial charge in [-0.25, -0.2) is 4.98 Å². The first kappa shape index (κ1) is 19.6. The van der Waals surface area contributed by atoms with E-state index in [0.717, 1.165) is 46.8 Å². The van der Waals surface area contributed by atoms with Crippen molar-refractivity contribution in [3.05, 3.63) is 35.1 Å². The van der Waals surface area contributed by atoms with E-state index in [9.17, 15) is 4.21 Å². The molecule has 1 heterocycles. The fourth-order valence-electron chi connectivity index (χ4n) is 3.34. The van der Waals surface area contributed by atoms with E-state index in [1.807, 2.05) is 12.3 Å². The zero-order valence-electron chi connectivity index (χ0n) is 15.9. The van der Waals surface area contributed by atoms with Crippen LogP contribution in [0, 0.1) is 11.8 Å². The second-order valence-electron chi connectivity index (χ2n) is 7.94. The molecular formula is C21H29ClN2OS. The third-order valence-electron chi connectivity index (χ3n) is 5.09. The highest BCUT2D eigenvalue weighted by Gasteiger charge is 2.22. The minimum atomic E-state index is -0.698. The maximum Gasteiger partial charge on any atom is 0.129 e. The Morgan fingerprint density at radius 2 is 2.04 bits per heavy atom. The lowest BCUT2D eigenvalue weighted by molar-refractivity contribution is 0.647. The molecule has 2 aromatic rings. The summed E-state index contributed by atoms with van der Waals surface area (Å²) in [5, 5.41) is 6.32. The van der Waals surface area contributed by atoms with Crippen molar-refractivity contribution >= 4 is 38.9 Å². The molecule has 1 aromatic heterocycles. The fraction of sp³-hybridized carbons (Fsp3) is 0.571. The van der Waals surface area contributed by atoms with E-state index in [0.29, 0.717) is 17.0 Å². The summed E-state index contributed by atoms with van der Waals surface area (Å²) in [7, 11) is -0.698. The van der Waals surface area contributed by atoms with Crippen LogP contribution in [0.15, 0.2) is 24.4 Å². The third kappa shape index (κ3) is 5.20. The molecule has 0 amide bonds. The largest absolute Gasteiger partial charge is 0.384 e. The Labute approximate surface area is 164 Å². The predicted molar refractivity (Wildman–Crippen MR) is 114 cm³/mol. The highest BCUT2D eigenvalue weighted by molar-refractivity contribution is 7.84. The Balaban J connectivity index is 1.64. The van der Waals surface area contributed by atoms with Gasteiger partial charge in [0.25, 0.3) is 0 Å². The highest BCUT2D eigenvalue weighted by Crippen LogP contribution is 2.33. The van der Waals surface area contributed by atoms with E-state index in [-0.39, 0.29) is 0 Å². The van der Waals surface area contributed by atoms with Crippen LogP contribution in [0.2, 0.25) is 5.15 Å². The summed E-state index contributed by atoms with van der Waals surface area (Å²) in [4.78, 5) is 4.27. The van der Waals surface area contributed by atoms with Crippen LogP contribution in [0.5, 0.6) is 0 Å². The molecule has 0 spiro atoms. The topological polar surface area (TPSA) is 42.0 Å². The molecule has 3 nitrogen and oxygen atoms in total. The Kier molecular flexibility index (Phi) is 6.57. The monoisotopic (exact) mass is 392 g/mol. The Morgan fingerprint density at radius 3 is 2.73 bits per heavy atom. The van der Waals surface area contributed by atoms with Gasteiger partial charge in [0.2, 0.25) is 0 Å². The van der Waals surface area contributed by atoms with Crippen LogP contribution < -0.4 is 5.32 Å². The van der Waals surface area contributed by atoms with Crippen molar-refractivity contribution in [2.45, 2.75) is 46.0 Å². The number of hydrogen-bond donors (Lipinski definition) is 1. The molecule has 1 N–H and O–H groups in total. The minimum absolute atomic E-state index is 0.370. The van der Waals surface area contributed by atoms with Crippen LogP contribution in [0.4, 0.5) is 5.69 Å². The van der Waals surface area contributed by atoms with E-state index >= 15 is 0 Å². The van der Waals surface area contributed by atoms with Gasteiger partial charge in [0.1, 0.15) is 5.15 Å². The average molecular weight is 393 g/mol. The molecule has 26 heavy (non-hydrogen) atoms. The van der Waals surface area contributed by atoms with Gasteiger partial charge in [-0.3, -0.25) is 4.21 Å². The van der Waals surface area contributed by atoms with Crippen LogP contribution in [0.3, 0.4) is 0 Å². The quantitative estimate of drug-likeness (QED) is 0.564. The second-order valence-corrected chi connectivity index (χ2v) is 9.95. The SMILES string of the molecule is CC(C)c1ccc(NC[C@H](C)CS(=O)CCC2CC2)c2cnc(Cl)cc12. The standard InChI is InChI=1S/C21H29ClN2OS/c1-14(2)17-6-7-20(19-12-24-21(22)10-18(17)19)23-11-15(3)13-26(25)9-8-16-4-5-16/h6-7,10,12,14-16,23H,4-5,8-9,11,13H2,1-3H3/t15-,26?/m0/s1. The summed E-state index contributed by atoms with van der Waals surface area (Å²) in [6.45, 7) is 7.36. The van der Waals surface area contributed by atoms with E-state index in [4.69, 9.17) is 11.6 Å². The number of halogens is 1. The minimum Gasteiger partial charge on any atom is -0.384 e. The van der Waals surface area contributed by atoms with Crippen molar-refractivity contribution in [1.29, 1.82) is 0 Å². The molecule has 5 heteroatoms. The zero-order chi connectivity index (χ0) is 18.7. The van der Waals surface area contributed by atoms with Crippen molar-refractivity contribution in [1.82, 2.24) is 4.98 Å². The van der Waals surface area contributed by atoms with Gasteiger partial charge in [0.05, 0.1) is 0 Å². The average Bonchev–Trinajstić information content (AvgIpc) is 3.41. The summed E-state index contributed by atoms with van der Waals surface area (Å²) in [5.41, 5.74) is 2.35. The van der Waals surface area contributed by atoms with Crippen LogP contribution in [-0.2, 0) is 10.8 Å². The molecule has 1 unspecified atom stereocenters. The molecular weight excluding hydrogens is 364 g/mol. The molecule has 1 aliphatic carbocycles. The fourth-order valence-corrected chi connectivity index (χ4v) is 5.02. The van der Waals surface area contributed by atoms with Gasteiger partial charge >= 0.3 is 0 Å². The summed E-state index contributed by atoms with van der Waals surface area (Å²) in [6, 6.07) is 6.25. The Bertz CT molecular complexity index is 789. The van der Waals surface area contributed by atoms with E-state index in [1.54, 1.807) is 0 Å². The normalized spacial score (nSPS) is 16.8. The van der Waals surface area contributed by atoms with Crippen molar-refractivity contribution in [2.24, 2.45) is 11.8 Å². The molecule has 1 aliphatic rings. The van der Waals surface area contributed by atoms with Gasteiger partial charge in [0, 0.05) is 46.1 Å². The van der Waals surface area contributed by atoms with E-state index in [1.165, 1.54) is 18.4 Å². The maximum atomic E-state index is 12.2. The first-order valence-electron chi connectivity index (χ1n) is 9.61. The number of pyridine rings is 1. The maximum absolute atomic E-state index is 12.2. The number of anilines is 1. The zero-order valence-corrected chi connectivity index (χ0v) is 17.5. The van der Waals surface area contributed by atoms with Gasteiger partial charge in [-0.05, 0) is 47.3 Å². The molecule has 0 aliphatic heterocycles. The van der Waals surface area contributed by atoms with Crippen LogP contribution in [0.1, 0.15) is 51.5 Å². The molecule has 142 valence electrons. The first-order valence-corrected chi connectivity index (χ1v) is 11.5. The summed E-state index contributed by atoms with van der Waals surface area (Å²) < 4.78 is 12.2. The summed E-state index contributed by atoms with van der Waals surface area (Å²) in [6.07, 6.45) is 5.67. The van der Waals surface area contributed by atoms with Crippen molar-refractivity contribution in [2.75, 3.05) is 23.4 Å². The van der Waals surface area contributed by atoms with Gasteiger partial charge in [0.15, 0.2) is 0 Å². The van der Waals surface area contributed by atoms with Crippen LogP contribution in [0.25, 0.3) is 10.8 Å². The van der Waals surface area contributed by atoms with Gasteiger partial charge in [-0.1, -0.05) is 51.3 Å². The lowest BCUT2D eigenvalue weighted by Gasteiger charge is -2.17. The molecule has 3 rings (SSSR count). The Morgan fingerprint density at radius 1 is 1.27 bits per heavy atom. The van der Waals surface area contributed by atoms with E-state index < -0.39 is 10.8 Å². The number of rotatable bonds is 9. The molecule has 2 atom stereocenters. The number of fused-ring (bicyclic) bond motifs is 1. The number of aromatic nitrogens is 1. The molecule has 1 saturated carbocycles. The number of benzene rings is 1. The second kappa shape index (κ2) is 8.71. The van der Waals surface area contributed by atoms with Crippen molar-refractivity contribution in [3.8, 4) is 0 Å².